The summed E-state index contributed by atoms with van der Waals surface area (Å²) in [6.45, 7) is 11.3. The van der Waals surface area contributed by atoms with Crippen LogP contribution in [0.25, 0.3) is 0 Å². The van der Waals surface area contributed by atoms with Crippen LogP contribution in [-0.2, 0) is 12.7 Å². The van der Waals surface area contributed by atoms with E-state index in [0.29, 0.717) is 6.61 Å². The number of hydrogen-bond acceptors (Lipinski definition) is 3. The molecule has 6 heteroatoms. The predicted molar refractivity (Wildman–Crippen MR) is 83.4 cm³/mol. The second-order valence-electron chi connectivity index (χ2n) is 4.69. The molecule has 0 saturated carbocycles. The molecule has 0 fully saturated rings. The van der Waals surface area contributed by atoms with Crippen molar-refractivity contribution in [3.8, 4) is 0 Å². The minimum absolute atomic E-state index is 0.628. The van der Waals surface area contributed by atoms with E-state index < -0.39 is 26.9 Å². The summed E-state index contributed by atoms with van der Waals surface area (Å²) >= 11 is 0. The predicted octanol–water partition coefficient (Wildman–Crippen LogP) is 1.87. The summed E-state index contributed by atoms with van der Waals surface area (Å²) in [6, 6.07) is 10.2. The molecule has 0 unspecified atom stereocenters. The maximum atomic E-state index is 6.24. The van der Waals surface area contributed by atoms with E-state index in [9.17, 15) is 0 Å². The Labute approximate surface area is 115 Å². The Hall–Kier alpha value is -0.249. The van der Waals surface area contributed by atoms with E-state index in [1.165, 1.54) is 0 Å². The van der Waals surface area contributed by atoms with Crippen LogP contribution in [0, 0.1) is 0 Å². The molecule has 0 heterocycles. The molecular weight excluding hydrogens is 276 g/mol. The van der Waals surface area contributed by atoms with Crippen LogP contribution in [0.1, 0.15) is 6.92 Å². The van der Waals surface area contributed by atoms with Crippen LogP contribution in [0.2, 0.25) is 26.2 Å². The molecule has 102 valence electrons. The van der Waals surface area contributed by atoms with Gasteiger partial charge in [-0.05, 0) is 33.1 Å². The molecular formula is C12H24O3Si3. The maximum Gasteiger partial charge on any atom is 0.515 e. The molecule has 0 aliphatic rings. The number of benzene rings is 1. The Morgan fingerprint density at radius 1 is 0.944 bits per heavy atom. The van der Waals surface area contributed by atoms with Crippen molar-refractivity contribution < 1.29 is 12.7 Å². The fourth-order valence-corrected chi connectivity index (χ4v) is 10.2. The molecule has 3 nitrogen and oxygen atoms in total. The van der Waals surface area contributed by atoms with E-state index in [-0.39, 0.29) is 0 Å². The van der Waals surface area contributed by atoms with E-state index in [1.807, 2.05) is 25.1 Å². The Kier molecular flexibility index (Phi) is 6.47. The van der Waals surface area contributed by atoms with Gasteiger partial charge < -0.3 is 12.7 Å². The molecule has 0 radical (unpaired) electrons. The molecule has 1 rings (SSSR count). The molecule has 0 N–H and O–H groups in total. The van der Waals surface area contributed by atoms with Crippen molar-refractivity contribution in [3.63, 3.8) is 0 Å². The molecule has 0 bridgehead atoms. The molecule has 0 saturated heterocycles. The van der Waals surface area contributed by atoms with E-state index in [1.54, 1.807) is 0 Å². The first-order chi connectivity index (χ1) is 8.50. The molecule has 0 spiro atoms. The van der Waals surface area contributed by atoms with Crippen molar-refractivity contribution in [1.29, 1.82) is 0 Å². The molecule has 0 atom stereocenters. The fraction of sp³-hybridized carbons (Fsp3) is 0.500. The summed E-state index contributed by atoms with van der Waals surface area (Å²) in [4.78, 5) is 0. The number of rotatable bonds is 7. The third-order valence-corrected chi connectivity index (χ3v) is 10.2. The van der Waals surface area contributed by atoms with Gasteiger partial charge in [0.1, 0.15) is 0 Å². The number of hydrogen-bond donors (Lipinski definition) is 0. The van der Waals surface area contributed by atoms with Gasteiger partial charge in [0.15, 0.2) is 18.1 Å². The summed E-state index contributed by atoms with van der Waals surface area (Å²) in [5, 5.41) is 1.09. The van der Waals surface area contributed by atoms with Gasteiger partial charge in [-0.2, -0.15) is 0 Å². The lowest BCUT2D eigenvalue weighted by molar-refractivity contribution is 0.192. The van der Waals surface area contributed by atoms with Gasteiger partial charge in [0, 0.05) is 11.8 Å². The molecule has 18 heavy (non-hydrogen) atoms. The van der Waals surface area contributed by atoms with Crippen LogP contribution in [-0.4, -0.2) is 33.5 Å². The maximum absolute atomic E-state index is 6.24. The van der Waals surface area contributed by atoms with Crippen LogP contribution >= 0.6 is 0 Å². The lowest BCUT2D eigenvalue weighted by Gasteiger charge is -2.33. The first-order valence-corrected chi connectivity index (χ1v) is 13.8. The monoisotopic (exact) mass is 300 g/mol. The molecule has 0 aliphatic carbocycles. The quantitative estimate of drug-likeness (QED) is 0.720. The largest absolute Gasteiger partial charge is 0.515 e. The van der Waals surface area contributed by atoms with E-state index in [2.05, 4.69) is 38.3 Å². The lowest BCUT2D eigenvalue weighted by atomic mass is 10.4. The van der Waals surface area contributed by atoms with Gasteiger partial charge in [0.2, 0.25) is 0 Å². The van der Waals surface area contributed by atoms with E-state index in [4.69, 9.17) is 12.7 Å². The third kappa shape index (κ3) is 4.45. The van der Waals surface area contributed by atoms with Crippen LogP contribution in [0.5, 0.6) is 0 Å². The summed E-state index contributed by atoms with van der Waals surface area (Å²) < 4.78 is 18.5. The molecule has 0 aliphatic heterocycles. The zero-order chi connectivity index (χ0) is 13.6. The van der Waals surface area contributed by atoms with Gasteiger partial charge in [-0.25, -0.2) is 0 Å². The third-order valence-electron chi connectivity index (χ3n) is 2.24. The van der Waals surface area contributed by atoms with Crippen molar-refractivity contribution >= 4 is 32.1 Å². The second kappa shape index (κ2) is 7.37. The van der Waals surface area contributed by atoms with Gasteiger partial charge in [-0.15, -0.1) is 0 Å². The molecule has 0 aromatic heterocycles. The fourth-order valence-electron chi connectivity index (χ4n) is 1.77. The normalized spacial score (nSPS) is 12.4. The van der Waals surface area contributed by atoms with Gasteiger partial charge in [-0.1, -0.05) is 30.3 Å². The van der Waals surface area contributed by atoms with Gasteiger partial charge in [0.05, 0.1) is 0 Å². The highest BCUT2D eigenvalue weighted by Gasteiger charge is 2.44. The standard InChI is InChI=1S/C12H24O3Si3/c1-6-13-18(14-16(2)3,15-17(4)5)12-10-8-7-9-11-12/h7-11,16-17H,6H2,1-5H3. The zero-order valence-electron chi connectivity index (χ0n) is 12.0. The second-order valence-corrected chi connectivity index (χ2v) is 12.7. The van der Waals surface area contributed by atoms with Crippen molar-refractivity contribution in [2.75, 3.05) is 6.61 Å². The van der Waals surface area contributed by atoms with Crippen LogP contribution in [0.15, 0.2) is 30.3 Å². The van der Waals surface area contributed by atoms with Gasteiger partial charge in [-0.3, -0.25) is 0 Å². The highest BCUT2D eigenvalue weighted by atomic mass is 28.5. The Morgan fingerprint density at radius 2 is 1.44 bits per heavy atom. The smallest absolute Gasteiger partial charge is 0.416 e. The van der Waals surface area contributed by atoms with Crippen molar-refractivity contribution in [2.24, 2.45) is 0 Å². The summed E-state index contributed by atoms with van der Waals surface area (Å²) in [7, 11) is -5.12. The Bertz CT molecular complexity index is 334. The van der Waals surface area contributed by atoms with Crippen LogP contribution in [0.4, 0.5) is 0 Å². The molecule has 1 aromatic carbocycles. The summed E-state index contributed by atoms with van der Waals surface area (Å²) in [5.74, 6) is 0. The Morgan fingerprint density at radius 3 is 1.83 bits per heavy atom. The molecule has 1 aromatic rings. The van der Waals surface area contributed by atoms with Crippen molar-refractivity contribution in [1.82, 2.24) is 0 Å². The van der Waals surface area contributed by atoms with E-state index in [0.717, 1.165) is 5.19 Å². The molecule has 0 amide bonds. The SMILES string of the molecule is CCO[Si](O[SiH](C)C)(O[SiH](C)C)c1ccccc1. The van der Waals surface area contributed by atoms with Crippen molar-refractivity contribution in [3.05, 3.63) is 30.3 Å². The van der Waals surface area contributed by atoms with Crippen molar-refractivity contribution in [2.45, 2.75) is 33.1 Å². The van der Waals surface area contributed by atoms with E-state index >= 15 is 0 Å². The van der Waals surface area contributed by atoms with Crippen LogP contribution < -0.4 is 5.19 Å². The zero-order valence-corrected chi connectivity index (χ0v) is 15.3. The lowest BCUT2D eigenvalue weighted by Crippen LogP contribution is -2.60. The highest BCUT2D eigenvalue weighted by molar-refractivity contribution is 6.85. The first kappa shape index (κ1) is 15.8. The van der Waals surface area contributed by atoms with Crippen LogP contribution in [0.3, 0.4) is 0 Å². The average Bonchev–Trinajstić information content (AvgIpc) is 2.28. The van der Waals surface area contributed by atoms with Gasteiger partial charge >= 0.3 is 8.80 Å². The minimum Gasteiger partial charge on any atom is -0.416 e. The summed E-state index contributed by atoms with van der Waals surface area (Å²) in [5.41, 5.74) is 0. The Balaban J connectivity index is 3.10. The van der Waals surface area contributed by atoms with Gasteiger partial charge in [0.25, 0.3) is 0 Å². The highest BCUT2D eigenvalue weighted by Crippen LogP contribution is 2.14. The minimum atomic E-state index is -2.67. The summed E-state index contributed by atoms with van der Waals surface area (Å²) in [6.07, 6.45) is 0. The topological polar surface area (TPSA) is 27.7 Å². The average molecular weight is 301 g/mol. The first-order valence-electron chi connectivity index (χ1n) is 6.55.